The van der Waals surface area contributed by atoms with Crippen LogP contribution in [0.2, 0.25) is 0 Å². The van der Waals surface area contributed by atoms with Gasteiger partial charge in [0.2, 0.25) is 0 Å². The standard InChI is InChI=1S/C19H17N3O2/c23-19(24)10-9-18-21-20-12-22(18)11-14-7-8-16(13-5-6-13)17-4-2-1-3-15(14)17/h1,3,7-8,12-13H,5-6,9-11H2,(H,23,24). The fourth-order valence-electron chi connectivity index (χ4n) is 3.13. The monoisotopic (exact) mass is 319 g/mol. The van der Waals surface area contributed by atoms with Crippen molar-refractivity contribution >= 4 is 16.7 Å². The van der Waals surface area contributed by atoms with Crippen LogP contribution in [0.3, 0.4) is 0 Å². The van der Waals surface area contributed by atoms with E-state index in [-0.39, 0.29) is 6.42 Å². The molecule has 0 spiro atoms. The van der Waals surface area contributed by atoms with Crippen LogP contribution in [0.15, 0.2) is 30.6 Å². The third-order valence-corrected chi connectivity index (χ3v) is 4.51. The Labute approximate surface area is 140 Å². The highest BCUT2D eigenvalue weighted by Crippen LogP contribution is 2.43. The molecule has 0 amide bonds. The average molecular weight is 319 g/mol. The molecule has 3 aromatic rings. The van der Waals surface area contributed by atoms with E-state index < -0.39 is 5.97 Å². The minimum Gasteiger partial charge on any atom is -0.481 e. The molecule has 0 radical (unpaired) electrons. The summed E-state index contributed by atoms with van der Waals surface area (Å²) in [5.74, 6) is 0.534. The first-order valence-electron chi connectivity index (χ1n) is 8.14. The third kappa shape index (κ3) is 2.83. The molecule has 1 saturated carbocycles. The maximum atomic E-state index is 10.8. The number of hydrogen-bond acceptors (Lipinski definition) is 3. The van der Waals surface area contributed by atoms with E-state index in [1.807, 2.05) is 10.6 Å². The maximum absolute atomic E-state index is 10.8. The van der Waals surface area contributed by atoms with E-state index in [0.29, 0.717) is 24.7 Å². The van der Waals surface area contributed by atoms with Crippen LogP contribution in [0, 0.1) is 12.1 Å². The van der Waals surface area contributed by atoms with E-state index in [0.717, 1.165) is 10.9 Å². The predicted molar refractivity (Wildman–Crippen MR) is 88.7 cm³/mol. The lowest BCUT2D eigenvalue weighted by Crippen LogP contribution is -2.07. The SMILES string of the molecule is O=C(O)CCc1nncn1Cc1ccc(C2CC2)c2c#cccc12. The number of aromatic nitrogens is 3. The highest BCUT2D eigenvalue weighted by Gasteiger charge is 2.25. The molecule has 5 heteroatoms. The van der Waals surface area contributed by atoms with Crippen molar-refractivity contribution in [2.24, 2.45) is 0 Å². The summed E-state index contributed by atoms with van der Waals surface area (Å²) in [4.78, 5) is 10.8. The highest BCUT2D eigenvalue weighted by molar-refractivity contribution is 5.88. The van der Waals surface area contributed by atoms with Crippen molar-refractivity contribution in [2.45, 2.75) is 38.1 Å². The Kier molecular flexibility index (Phi) is 3.66. The molecule has 1 heterocycles. The first-order chi connectivity index (χ1) is 11.7. The van der Waals surface area contributed by atoms with Gasteiger partial charge >= 0.3 is 5.97 Å². The molecule has 0 saturated heterocycles. The molecule has 0 atom stereocenters. The summed E-state index contributed by atoms with van der Waals surface area (Å²) in [7, 11) is 0. The molecule has 1 aliphatic carbocycles. The number of aryl methyl sites for hydroxylation is 1. The Balaban J connectivity index is 1.67. The van der Waals surface area contributed by atoms with Gasteiger partial charge in [-0.05, 0) is 47.4 Å². The van der Waals surface area contributed by atoms with Crippen molar-refractivity contribution < 1.29 is 9.90 Å². The smallest absolute Gasteiger partial charge is 0.303 e. The number of benzene rings is 1. The Morgan fingerprint density at radius 1 is 1.33 bits per heavy atom. The van der Waals surface area contributed by atoms with Crippen LogP contribution in [-0.2, 0) is 17.8 Å². The van der Waals surface area contributed by atoms with Gasteiger partial charge < -0.3 is 9.67 Å². The third-order valence-electron chi connectivity index (χ3n) is 4.51. The molecule has 0 aliphatic heterocycles. The average Bonchev–Trinajstić information content (AvgIpc) is 3.33. The topological polar surface area (TPSA) is 68.0 Å². The summed E-state index contributed by atoms with van der Waals surface area (Å²) < 4.78 is 1.92. The molecular formula is C19H17N3O2. The van der Waals surface area contributed by atoms with E-state index in [9.17, 15) is 4.79 Å². The van der Waals surface area contributed by atoms with Crippen LogP contribution in [0.4, 0.5) is 0 Å². The zero-order valence-corrected chi connectivity index (χ0v) is 13.2. The van der Waals surface area contributed by atoms with Gasteiger partial charge in [-0.3, -0.25) is 4.79 Å². The first kappa shape index (κ1) is 14.7. The fraction of sp³-hybridized carbons (Fsp3) is 0.316. The zero-order chi connectivity index (χ0) is 16.5. The zero-order valence-electron chi connectivity index (χ0n) is 13.2. The molecule has 1 aliphatic rings. The number of aliphatic carboxylic acids is 1. The molecule has 24 heavy (non-hydrogen) atoms. The second-order valence-corrected chi connectivity index (χ2v) is 6.25. The number of hydrogen-bond donors (Lipinski definition) is 1. The van der Waals surface area contributed by atoms with Crippen LogP contribution >= 0.6 is 0 Å². The minimum absolute atomic E-state index is 0.0583. The number of carboxylic acid groups (broad SMARTS) is 1. The molecule has 1 N–H and O–H groups in total. The molecular weight excluding hydrogens is 302 g/mol. The van der Waals surface area contributed by atoms with Gasteiger partial charge in [-0.15, -0.1) is 10.2 Å². The first-order valence-corrected chi connectivity index (χ1v) is 8.14. The number of carbonyl (C=O) groups is 1. The summed E-state index contributed by atoms with van der Waals surface area (Å²) >= 11 is 0. The number of carboxylic acids is 1. The minimum atomic E-state index is -0.825. The normalized spacial score (nSPS) is 13.8. The molecule has 0 bridgehead atoms. The molecule has 1 aromatic heterocycles. The quantitative estimate of drug-likeness (QED) is 0.758. The number of fused-ring (bicyclic) bond motifs is 1. The lowest BCUT2D eigenvalue weighted by atomic mass is 9.98. The van der Waals surface area contributed by atoms with Crippen molar-refractivity contribution in [3.05, 3.63) is 59.7 Å². The van der Waals surface area contributed by atoms with Gasteiger partial charge in [0.15, 0.2) is 0 Å². The Morgan fingerprint density at radius 2 is 2.21 bits per heavy atom. The van der Waals surface area contributed by atoms with Gasteiger partial charge in [0.1, 0.15) is 12.2 Å². The fourth-order valence-corrected chi connectivity index (χ4v) is 3.13. The summed E-state index contributed by atoms with van der Waals surface area (Å²) in [5.41, 5.74) is 2.52. The van der Waals surface area contributed by atoms with E-state index in [1.54, 1.807) is 6.33 Å². The summed E-state index contributed by atoms with van der Waals surface area (Å²) in [5, 5.41) is 19.2. The Hall–Kier alpha value is -2.87. The number of rotatable bonds is 6. The highest BCUT2D eigenvalue weighted by atomic mass is 16.4. The van der Waals surface area contributed by atoms with Gasteiger partial charge in [-0.2, -0.15) is 0 Å². The van der Waals surface area contributed by atoms with Crippen LogP contribution in [-0.4, -0.2) is 25.8 Å². The number of nitrogens with zero attached hydrogens (tertiary/aromatic N) is 3. The van der Waals surface area contributed by atoms with E-state index in [2.05, 4.69) is 40.5 Å². The summed E-state index contributed by atoms with van der Waals surface area (Å²) in [6.07, 6.45) is 4.61. The van der Waals surface area contributed by atoms with E-state index >= 15 is 0 Å². The molecule has 2 aromatic carbocycles. The lowest BCUT2D eigenvalue weighted by molar-refractivity contribution is -0.137. The van der Waals surface area contributed by atoms with Crippen molar-refractivity contribution in [3.8, 4) is 0 Å². The molecule has 5 nitrogen and oxygen atoms in total. The van der Waals surface area contributed by atoms with E-state index in [1.165, 1.54) is 23.8 Å². The van der Waals surface area contributed by atoms with Crippen molar-refractivity contribution in [3.63, 3.8) is 0 Å². The van der Waals surface area contributed by atoms with Gasteiger partial charge in [-0.25, -0.2) is 0 Å². The Morgan fingerprint density at radius 3 is 3.00 bits per heavy atom. The molecule has 1 fully saturated rings. The van der Waals surface area contributed by atoms with Crippen molar-refractivity contribution in [1.82, 2.24) is 14.8 Å². The van der Waals surface area contributed by atoms with Crippen molar-refractivity contribution in [1.29, 1.82) is 0 Å². The second kappa shape index (κ2) is 5.97. The summed E-state index contributed by atoms with van der Waals surface area (Å²) in [6, 6.07) is 14.7. The van der Waals surface area contributed by atoms with Crippen LogP contribution in [0.25, 0.3) is 10.8 Å². The summed E-state index contributed by atoms with van der Waals surface area (Å²) in [6.45, 7) is 0.626. The van der Waals surface area contributed by atoms with Gasteiger partial charge in [0.25, 0.3) is 0 Å². The molecule has 120 valence electrons. The maximum Gasteiger partial charge on any atom is 0.303 e. The van der Waals surface area contributed by atoms with Crippen molar-refractivity contribution in [2.75, 3.05) is 0 Å². The Bertz CT molecular complexity index is 897. The van der Waals surface area contributed by atoms with Crippen LogP contribution in [0.1, 0.15) is 42.1 Å². The lowest BCUT2D eigenvalue weighted by Gasteiger charge is -2.11. The van der Waals surface area contributed by atoms with Gasteiger partial charge in [0.05, 0.1) is 13.0 Å². The van der Waals surface area contributed by atoms with Gasteiger partial charge in [0, 0.05) is 11.8 Å². The molecule has 0 unspecified atom stereocenters. The second-order valence-electron chi connectivity index (χ2n) is 6.25. The largest absolute Gasteiger partial charge is 0.481 e. The van der Waals surface area contributed by atoms with E-state index in [4.69, 9.17) is 5.11 Å². The predicted octanol–water partition coefficient (Wildman–Crippen LogP) is 2.97. The molecule has 4 rings (SSSR count). The van der Waals surface area contributed by atoms with Gasteiger partial charge in [-0.1, -0.05) is 24.3 Å². The van der Waals surface area contributed by atoms with Crippen LogP contribution in [0.5, 0.6) is 0 Å². The van der Waals surface area contributed by atoms with Crippen LogP contribution < -0.4 is 0 Å².